The summed E-state index contributed by atoms with van der Waals surface area (Å²) in [4.78, 5) is 25.6. The molecule has 0 radical (unpaired) electrons. The van der Waals surface area contributed by atoms with E-state index < -0.39 is 6.17 Å². The lowest BCUT2D eigenvalue weighted by Crippen LogP contribution is -2.36. The van der Waals surface area contributed by atoms with Crippen LogP contribution in [0.2, 0.25) is 0 Å². The van der Waals surface area contributed by atoms with Crippen LogP contribution < -0.4 is 5.32 Å². The van der Waals surface area contributed by atoms with E-state index in [4.69, 9.17) is 29.4 Å². The molecule has 1 N–H and O–H groups in total. The highest BCUT2D eigenvalue weighted by atomic mass is 16.3. The minimum atomic E-state index is -0.513. The van der Waals surface area contributed by atoms with Crippen LogP contribution in [0, 0.1) is 0 Å². The molecule has 0 bridgehead atoms. The molecule has 0 saturated carbocycles. The molecule has 68 heavy (non-hydrogen) atoms. The van der Waals surface area contributed by atoms with E-state index in [1.807, 2.05) is 109 Å². The Morgan fingerprint density at radius 3 is 1.38 bits per heavy atom. The van der Waals surface area contributed by atoms with Gasteiger partial charge in [0.25, 0.3) is 0 Å². The minimum absolute atomic E-state index is 0.513. The Balaban J connectivity index is 0.970. The van der Waals surface area contributed by atoms with Crippen LogP contribution in [-0.4, -0.2) is 31.2 Å². The topological polar surface area (TPSA) is 93.5 Å². The normalized spacial score (nSPS) is 12.9. The van der Waals surface area contributed by atoms with E-state index in [2.05, 4.69) is 125 Å². The van der Waals surface area contributed by atoms with Crippen LogP contribution in [0.4, 0.5) is 0 Å². The van der Waals surface area contributed by atoms with Gasteiger partial charge in [-0.25, -0.2) is 24.9 Å². The zero-order valence-electron chi connectivity index (χ0n) is 36.5. The number of para-hydroxylation sites is 1. The summed E-state index contributed by atoms with van der Waals surface area (Å²) in [5.74, 6) is 3.40. The average Bonchev–Trinajstić information content (AvgIpc) is 3.97. The number of nitrogens with one attached hydrogen (secondary N) is 1. The van der Waals surface area contributed by atoms with Gasteiger partial charge >= 0.3 is 0 Å². The first kappa shape index (κ1) is 39.1. The predicted octanol–water partition coefficient (Wildman–Crippen LogP) is 14.0. The van der Waals surface area contributed by atoms with E-state index in [1.54, 1.807) is 0 Å². The number of furan rings is 1. The van der Waals surface area contributed by atoms with Gasteiger partial charge in [-0.1, -0.05) is 164 Å². The van der Waals surface area contributed by atoms with Crippen LogP contribution in [0.5, 0.6) is 0 Å². The first-order chi connectivity index (χ1) is 33.7. The van der Waals surface area contributed by atoms with Crippen molar-refractivity contribution in [1.29, 1.82) is 0 Å². The van der Waals surface area contributed by atoms with Crippen molar-refractivity contribution in [2.75, 3.05) is 0 Å². The van der Waals surface area contributed by atoms with Crippen molar-refractivity contribution in [3.05, 3.63) is 241 Å². The van der Waals surface area contributed by atoms with Crippen molar-refractivity contribution in [3.8, 4) is 51.0 Å². The fraction of sp³-hybridized carbons (Fsp3) is 0.0167. The van der Waals surface area contributed by atoms with Crippen LogP contribution in [0.25, 0.3) is 94.7 Å². The van der Waals surface area contributed by atoms with E-state index in [0.717, 1.165) is 106 Å². The van der Waals surface area contributed by atoms with Crippen molar-refractivity contribution in [2.24, 2.45) is 9.98 Å². The molecule has 4 heterocycles. The summed E-state index contributed by atoms with van der Waals surface area (Å²) in [6, 6.07) is 77.1. The Morgan fingerprint density at radius 1 is 0.368 bits per heavy atom. The monoisotopic (exact) mass is 873 g/mol. The van der Waals surface area contributed by atoms with Crippen molar-refractivity contribution in [3.63, 3.8) is 0 Å². The van der Waals surface area contributed by atoms with E-state index in [9.17, 15) is 0 Å². The van der Waals surface area contributed by atoms with Crippen LogP contribution in [0.1, 0.15) is 22.9 Å². The number of aliphatic imine (C=N–C) groups is 2. The summed E-state index contributed by atoms with van der Waals surface area (Å²) < 4.78 is 8.91. The number of hydrogen-bond donors (Lipinski definition) is 1. The first-order valence-electron chi connectivity index (χ1n) is 22.7. The second-order valence-corrected chi connectivity index (χ2v) is 16.9. The Kier molecular flexibility index (Phi) is 9.38. The van der Waals surface area contributed by atoms with Crippen molar-refractivity contribution in [1.82, 2.24) is 24.8 Å². The highest BCUT2D eigenvalue weighted by Gasteiger charge is 2.25. The maximum absolute atomic E-state index is 6.57. The third kappa shape index (κ3) is 6.91. The summed E-state index contributed by atoms with van der Waals surface area (Å²) in [6.07, 6.45) is -0.513. The molecule has 0 atom stereocenters. The van der Waals surface area contributed by atoms with Gasteiger partial charge in [-0.2, -0.15) is 0 Å². The summed E-state index contributed by atoms with van der Waals surface area (Å²) >= 11 is 0. The largest absolute Gasteiger partial charge is 0.456 e. The third-order valence-corrected chi connectivity index (χ3v) is 12.7. The quantitative estimate of drug-likeness (QED) is 0.164. The molecule has 320 valence electrons. The fourth-order valence-corrected chi connectivity index (χ4v) is 9.46. The standard InChI is InChI=1S/C60H39N7O/c1-6-17-38(18-7-1)55-61-56(39-19-8-2-9-20-39)64-59(63-55)44-30-33-51-48(37-44)47-35-42(29-32-50(47)67(51)45-25-14-5-15-26-45)43-31-34-52-49(36-43)54-46(27-16-28-53(54)68-52)60-65-57(40-21-10-3-11-22-40)62-58(66-60)41-23-12-4-13-24-41/h1-37,60H,(H,62,65,66). The predicted molar refractivity (Wildman–Crippen MR) is 275 cm³/mol. The minimum Gasteiger partial charge on any atom is -0.456 e. The Morgan fingerprint density at radius 2 is 0.824 bits per heavy atom. The lowest BCUT2D eigenvalue weighted by molar-refractivity contribution is 0.667. The lowest BCUT2D eigenvalue weighted by Gasteiger charge is -2.22. The molecule has 3 aromatic heterocycles. The molecule has 1 aliphatic rings. The molecule has 8 nitrogen and oxygen atoms in total. The zero-order valence-corrected chi connectivity index (χ0v) is 36.5. The Bertz CT molecular complexity index is 3810. The maximum Gasteiger partial charge on any atom is 0.170 e. The van der Waals surface area contributed by atoms with E-state index >= 15 is 0 Å². The number of rotatable bonds is 8. The number of aromatic nitrogens is 4. The molecular weight excluding hydrogens is 835 g/mol. The highest BCUT2D eigenvalue weighted by molar-refractivity contribution is 6.17. The average molecular weight is 874 g/mol. The number of fused-ring (bicyclic) bond motifs is 6. The van der Waals surface area contributed by atoms with Gasteiger partial charge in [-0.05, 0) is 71.8 Å². The van der Waals surface area contributed by atoms with Gasteiger partial charge in [0.05, 0.1) is 11.0 Å². The smallest absolute Gasteiger partial charge is 0.170 e. The van der Waals surface area contributed by atoms with Gasteiger partial charge in [0.1, 0.15) is 22.8 Å². The first-order valence-corrected chi connectivity index (χ1v) is 22.7. The number of nitrogens with zero attached hydrogens (tertiary/aromatic N) is 6. The molecule has 0 spiro atoms. The van der Waals surface area contributed by atoms with Gasteiger partial charge < -0.3 is 14.3 Å². The molecule has 8 heteroatoms. The number of hydrogen-bond acceptors (Lipinski definition) is 7. The van der Waals surface area contributed by atoms with Gasteiger partial charge in [0.15, 0.2) is 23.6 Å². The highest BCUT2D eigenvalue weighted by Crippen LogP contribution is 2.41. The molecule has 0 unspecified atom stereocenters. The van der Waals surface area contributed by atoms with E-state index in [1.165, 1.54) is 0 Å². The summed E-state index contributed by atoms with van der Waals surface area (Å²) in [6.45, 7) is 0. The fourth-order valence-electron chi connectivity index (χ4n) is 9.46. The second-order valence-electron chi connectivity index (χ2n) is 16.9. The summed E-state index contributed by atoms with van der Waals surface area (Å²) in [5.41, 5.74) is 12.7. The SMILES string of the molecule is c1ccc(C2=NC(c3cccc4oc5ccc(-c6ccc7c(c6)c6cc(-c8nc(-c9ccccc9)nc(-c9ccccc9)n8)ccc6n7-c6ccccc6)cc5c34)N=C(c3ccccc3)N2)cc1. The molecule has 13 rings (SSSR count). The third-order valence-electron chi connectivity index (χ3n) is 12.7. The van der Waals surface area contributed by atoms with Crippen molar-refractivity contribution in [2.45, 2.75) is 6.17 Å². The van der Waals surface area contributed by atoms with Crippen LogP contribution >= 0.6 is 0 Å². The zero-order chi connectivity index (χ0) is 45.0. The van der Waals surface area contributed by atoms with Crippen molar-refractivity contribution >= 4 is 55.4 Å². The second kappa shape index (κ2) is 16.3. The van der Waals surface area contributed by atoms with Gasteiger partial charge in [-0.15, -0.1) is 0 Å². The Hall–Kier alpha value is -9.27. The van der Waals surface area contributed by atoms with Gasteiger partial charge in [-0.3, -0.25) is 0 Å². The van der Waals surface area contributed by atoms with Gasteiger partial charge in [0.2, 0.25) is 0 Å². The molecule has 0 fully saturated rings. The molecule has 9 aromatic carbocycles. The molecule has 0 aliphatic carbocycles. The van der Waals surface area contributed by atoms with Crippen LogP contribution in [-0.2, 0) is 0 Å². The van der Waals surface area contributed by atoms with Crippen molar-refractivity contribution < 1.29 is 4.42 Å². The Labute approximate surface area is 391 Å². The summed E-state index contributed by atoms with van der Waals surface area (Å²) in [5, 5.41) is 7.74. The van der Waals surface area contributed by atoms with Gasteiger partial charge in [0, 0.05) is 60.6 Å². The lowest BCUT2D eigenvalue weighted by atomic mass is 9.98. The number of amidine groups is 2. The molecule has 0 saturated heterocycles. The van der Waals surface area contributed by atoms with Crippen LogP contribution in [0.3, 0.4) is 0 Å². The maximum atomic E-state index is 6.57. The molecule has 12 aromatic rings. The van der Waals surface area contributed by atoms with E-state index in [-0.39, 0.29) is 0 Å². The molecule has 1 aliphatic heterocycles. The summed E-state index contributed by atoms with van der Waals surface area (Å²) in [7, 11) is 0. The molecular formula is C60H39N7O. The molecule has 0 amide bonds. The van der Waals surface area contributed by atoms with E-state index in [0.29, 0.717) is 17.5 Å². The van der Waals surface area contributed by atoms with Crippen LogP contribution in [0.15, 0.2) is 239 Å². The number of benzene rings is 9.